The van der Waals surface area contributed by atoms with E-state index in [1.165, 1.54) is 34.9 Å². The van der Waals surface area contributed by atoms with Gasteiger partial charge in [0.25, 0.3) is 0 Å². The molecule has 162 valence electrons. The van der Waals surface area contributed by atoms with Gasteiger partial charge in [0.15, 0.2) is 6.04 Å². The van der Waals surface area contributed by atoms with Crippen LogP contribution in [0.5, 0.6) is 0 Å². The second kappa shape index (κ2) is 8.81. The molecule has 8 nitrogen and oxygen atoms in total. The number of fused-ring (bicyclic) bond motifs is 1. The summed E-state index contributed by atoms with van der Waals surface area (Å²) >= 11 is 2.78. The Kier molecular flexibility index (Phi) is 6.56. The van der Waals surface area contributed by atoms with Gasteiger partial charge in [-0.15, -0.1) is 23.1 Å². The Labute approximate surface area is 183 Å². The van der Waals surface area contributed by atoms with Crippen molar-refractivity contribution in [2.45, 2.75) is 57.2 Å². The van der Waals surface area contributed by atoms with Gasteiger partial charge in [0.1, 0.15) is 23.6 Å². The van der Waals surface area contributed by atoms with Crippen LogP contribution in [0.25, 0.3) is 0 Å². The highest BCUT2D eigenvalue weighted by Crippen LogP contribution is 2.40. The number of hydrogen-bond donors (Lipinski definition) is 1. The number of hydrogen-bond acceptors (Lipinski definition) is 8. The molecule has 1 saturated heterocycles. The first kappa shape index (κ1) is 22.4. The monoisotopic (exact) mass is 452 g/mol. The van der Waals surface area contributed by atoms with Gasteiger partial charge in [0.05, 0.1) is 6.42 Å². The van der Waals surface area contributed by atoms with Crippen LogP contribution < -0.4 is 5.32 Å². The number of amides is 2. The van der Waals surface area contributed by atoms with E-state index in [9.17, 15) is 19.2 Å². The summed E-state index contributed by atoms with van der Waals surface area (Å²) in [5.74, 6) is -1.70. The fraction of sp³-hybridized carbons (Fsp3) is 0.500. The Morgan fingerprint density at radius 3 is 2.60 bits per heavy atom. The number of carbonyl (C=O) groups is 4. The van der Waals surface area contributed by atoms with Gasteiger partial charge in [0.2, 0.25) is 11.8 Å². The highest BCUT2D eigenvalue weighted by atomic mass is 32.2. The number of nitrogens with one attached hydrogen (secondary N) is 1. The zero-order valence-corrected chi connectivity index (χ0v) is 18.8. The van der Waals surface area contributed by atoms with E-state index < -0.39 is 35.0 Å². The topological polar surface area (TPSA) is 102 Å². The molecule has 1 fully saturated rings. The molecule has 1 N–H and O–H groups in total. The number of thioether (sulfide) groups is 1. The molecule has 30 heavy (non-hydrogen) atoms. The first-order valence-corrected chi connectivity index (χ1v) is 11.2. The molecule has 3 heterocycles. The van der Waals surface area contributed by atoms with Crippen molar-refractivity contribution in [1.82, 2.24) is 10.2 Å². The van der Waals surface area contributed by atoms with E-state index in [1.807, 2.05) is 17.5 Å². The van der Waals surface area contributed by atoms with Crippen LogP contribution >= 0.6 is 23.1 Å². The zero-order valence-electron chi connectivity index (χ0n) is 17.2. The molecular weight excluding hydrogens is 428 g/mol. The van der Waals surface area contributed by atoms with Gasteiger partial charge < -0.3 is 19.7 Å². The molecule has 2 amide bonds. The number of esters is 2. The van der Waals surface area contributed by atoms with Crippen LogP contribution in [-0.4, -0.2) is 58.3 Å². The van der Waals surface area contributed by atoms with Crippen molar-refractivity contribution in [3.8, 4) is 0 Å². The summed E-state index contributed by atoms with van der Waals surface area (Å²) in [6.07, 6.45) is 0.196. The van der Waals surface area contributed by atoms with Crippen molar-refractivity contribution >= 4 is 46.9 Å². The third-order valence-electron chi connectivity index (χ3n) is 4.37. The van der Waals surface area contributed by atoms with Gasteiger partial charge >= 0.3 is 11.9 Å². The van der Waals surface area contributed by atoms with E-state index in [-0.39, 0.29) is 24.8 Å². The van der Waals surface area contributed by atoms with Crippen molar-refractivity contribution in [1.29, 1.82) is 0 Å². The number of thiophene rings is 1. The van der Waals surface area contributed by atoms with Crippen molar-refractivity contribution in [2.24, 2.45) is 0 Å². The third kappa shape index (κ3) is 5.04. The van der Waals surface area contributed by atoms with Crippen LogP contribution in [0.4, 0.5) is 0 Å². The van der Waals surface area contributed by atoms with Crippen molar-refractivity contribution in [3.05, 3.63) is 33.4 Å². The molecule has 0 aromatic carbocycles. The molecule has 0 radical (unpaired) electrons. The van der Waals surface area contributed by atoms with Gasteiger partial charge in [-0.1, -0.05) is 6.07 Å². The average Bonchev–Trinajstić information content (AvgIpc) is 3.14. The lowest BCUT2D eigenvalue weighted by atomic mass is 9.98. The fourth-order valence-corrected chi connectivity index (χ4v) is 5.07. The van der Waals surface area contributed by atoms with E-state index in [0.717, 1.165) is 4.88 Å². The lowest BCUT2D eigenvalue weighted by Crippen LogP contribution is -2.74. The second-order valence-electron chi connectivity index (χ2n) is 7.98. The second-order valence-corrected chi connectivity index (χ2v) is 10.0. The molecule has 0 spiro atoms. The number of β-lactam (4-membered cyclic amide) rings is 1. The van der Waals surface area contributed by atoms with Gasteiger partial charge in [-0.05, 0) is 37.6 Å². The number of nitrogens with zero attached hydrogens (tertiary/aromatic N) is 1. The maximum atomic E-state index is 12.9. The SMILES string of the molecule is CC(=O)OCC1=CS[C@H]2[C@H](NC(=O)Cc3cccs3)C(=O)N2C1C(=O)OC(C)(C)C. The van der Waals surface area contributed by atoms with Gasteiger partial charge in [0, 0.05) is 17.4 Å². The van der Waals surface area contributed by atoms with Gasteiger partial charge in [-0.3, -0.25) is 14.4 Å². The van der Waals surface area contributed by atoms with Crippen molar-refractivity contribution in [2.75, 3.05) is 6.61 Å². The first-order chi connectivity index (χ1) is 14.1. The predicted molar refractivity (Wildman–Crippen MR) is 113 cm³/mol. The summed E-state index contributed by atoms with van der Waals surface area (Å²) in [4.78, 5) is 51.6. The number of carbonyl (C=O) groups excluding carboxylic acids is 4. The Morgan fingerprint density at radius 1 is 1.27 bits per heavy atom. The molecule has 10 heteroatoms. The summed E-state index contributed by atoms with van der Waals surface area (Å²) in [6.45, 7) is 6.37. The van der Waals surface area contributed by atoms with Crippen molar-refractivity contribution < 1.29 is 28.7 Å². The lowest BCUT2D eigenvalue weighted by Gasteiger charge is -2.51. The molecular formula is C20H24N2O6S2. The smallest absolute Gasteiger partial charge is 0.333 e. The maximum Gasteiger partial charge on any atom is 0.333 e. The molecule has 1 unspecified atom stereocenters. The fourth-order valence-electron chi connectivity index (χ4n) is 3.15. The summed E-state index contributed by atoms with van der Waals surface area (Å²) in [7, 11) is 0. The summed E-state index contributed by atoms with van der Waals surface area (Å²) in [5, 5.41) is 5.94. The first-order valence-electron chi connectivity index (χ1n) is 9.41. The summed E-state index contributed by atoms with van der Waals surface area (Å²) in [6, 6.07) is 2.00. The normalized spacial score (nSPS) is 23.1. The van der Waals surface area contributed by atoms with Crippen LogP contribution in [-0.2, 0) is 35.1 Å². The summed E-state index contributed by atoms with van der Waals surface area (Å²) < 4.78 is 10.5. The van der Waals surface area contributed by atoms with Crippen LogP contribution in [0.3, 0.4) is 0 Å². The Morgan fingerprint density at radius 2 is 2.00 bits per heavy atom. The zero-order chi connectivity index (χ0) is 22.1. The van der Waals surface area contributed by atoms with E-state index in [2.05, 4.69) is 5.32 Å². The van der Waals surface area contributed by atoms with Crippen molar-refractivity contribution in [3.63, 3.8) is 0 Å². The minimum atomic E-state index is -0.993. The molecule has 2 aliphatic rings. The molecule has 2 aliphatic heterocycles. The van der Waals surface area contributed by atoms with E-state index in [4.69, 9.17) is 9.47 Å². The van der Waals surface area contributed by atoms with Gasteiger partial charge in [-0.2, -0.15) is 0 Å². The largest absolute Gasteiger partial charge is 0.461 e. The molecule has 0 aliphatic carbocycles. The average molecular weight is 453 g/mol. The Bertz CT molecular complexity index is 874. The molecule has 1 aromatic heterocycles. The highest BCUT2D eigenvalue weighted by molar-refractivity contribution is 8.02. The minimum absolute atomic E-state index is 0.113. The molecule has 0 bridgehead atoms. The van der Waals surface area contributed by atoms with E-state index in [1.54, 1.807) is 26.2 Å². The maximum absolute atomic E-state index is 12.9. The standard InChI is InChI=1S/C20H24N2O6S2/c1-11(23)27-9-12-10-30-18-15(21-14(24)8-13-6-5-7-29-13)17(25)22(18)16(12)19(26)28-20(2,3)4/h5-7,10,15-16,18H,8-9H2,1-4H3,(H,21,24)/t15-,16?,18+/m1/s1. The Hall–Kier alpha value is -2.33. The lowest BCUT2D eigenvalue weighted by molar-refractivity contribution is -0.170. The minimum Gasteiger partial charge on any atom is -0.461 e. The molecule has 1 aromatic rings. The third-order valence-corrected chi connectivity index (χ3v) is 6.46. The number of rotatable bonds is 6. The van der Waals surface area contributed by atoms with E-state index >= 15 is 0 Å². The quantitative estimate of drug-likeness (QED) is 0.519. The molecule has 0 saturated carbocycles. The summed E-state index contributed by atoms with van der Waals surface area (Å²) in [5.41, 5.74) is -0.274. The molecule has 3 rings (SSSR count). The molecule has 3 atom stereocenters. The predicted octanol–water partition coefficient (Wildman–Crippen LogP) is 1.85. The highest BCUT2D eigenvalue weighted by Gasteiger charge is 2.56. The number of ether oxygens (including phenoxy) is 2. The van der Waals surface area contributed by atoms with Crippen LogP contribution in [0, 0.1) is 0 Å². The van der Waals surface area contributed by atoms with Crippen LogP contribution in [0.2, 0.25) is 0 Å². The van der Waals surface area contributed by atoms with Crippen LogP contribution in [0.15, 0.2) is 28.5 Å². The Balaban J connectivity index is 1.74. The van der Waals surface area contributed by atoms with Gasteiger partial charge in [-0.25, -0.2) is 4.79 Å². The van der Waals surface area contributed by atoms with E-state index in [0.29, 0.717) is 5.57 Å². The van der Waals surface area contributed by atoms with Crippen LogP contribution in [0.1, 0.15) is 32.6 Å².